The van der Waals surface area contributed by atoms with E-state index in [4.69, 9.17) is 5.73 Å². The van der Waals surface area contributed by atoms with Gasteiger partial charge in [0.2, 0.25) is 5.91 Å². The van der Waals surface area contributed by atoms with Gasteiger partial charge < -0.3 is 10.8 Å². The van der Waals surface area contributed by atoms with Gasteiger partial charge in [-0.1, -0.05) is 30.3 Å². The van der Waals surface area contributed by atoms with Gasteiger partial charge in [0.05, 0.1) is 11.3 Å². The molecule has 0 aromatic heterocycles. The van der Waals surface area contributed by atoms with E-state index in [1.54, 1.807) is 0 Å². The summed E-state index contributed by atoms with van der Waals surface area (Å²) in [7, 11) is 0. The molecule has 0 aliphatic carbocycles. The Morgan fingerprint density at radius 3 is 2.36 bits per heavy atom. The predicted molar refractivity (Wildman–Crippen MR) is 54.7 cm³/mol. The van der Waals surface area contributed by atoms with Crippen molar-refractivity contribution in [2.45, 2.75) is 13.3 Å². The van der Waals surface area contributed by atoms with Gasteiger partial charge in [0.1, 0.15) is 0 Å². The monoisotopic (exact) mass is 191 g/mol. The first-order valence-electron chi connectivity index (χ1n) is 4.33. The van der Waals surface area contributed by atoms with Gasteiger partial charge in [0, 0.05) is 6.42 Å². The quantitative estimate of drug-likeness (QED) is 0.562. The van der Waals surface area contributed by atoms with Gasteiger partial charge in [0.15, 0.2) is 0 Å². The van der Waals surface area contributed by atoms with Crippen LogP contribution in [0.4, 0.5) is 0 Å². The number of nitrogens with two attached hydrogens (primary N) is 1. The average Bonchev–Trinajstić information content (AvgIpc) is 2.15. The summed E-state index contributed by atoms with van der Waals surface area (Å²) in [5.74, 6) is -0.588. The maximum Gasteiger partial charge on any atom is 0.248 e. The predicted octanol–water partition coefficient (Wildman–Crippen LogP) is 1.55. The number of rotatable bonds is 3. The topological polar surface area (TPSA) is 63.3 Å². The highest BCUT2D eigenvalue weighted by atomic mass is 16.3. The van der Waals surface area contributed by atoms with Crippen molar-refractivity contribution in [2.24, 2.45) is 5.73 Å². The summed E-state index contributed by atoms with van der Waals surface area (Å²) in [5, 5.41) is 9.22. The van der Waals surface area contributed by atoms with E-state index in [0.717, 1.165) is 5.56 Å². The minimum absolute atomic E-state index is 0.0126. The molecule has 0 spiro atoms. The van der Waals surface area contributed by atoms with Gasteiger partial charge in [-0.05, 0) is 12.5 Å². The van der Waals surface area contributed by atoms with Crippen LogP contribution in [-0.4, -0.2) is 11.0 Å². The maximum absolute atomic E-state index is 10.9. The van der Waals surface area contributed by atoms with E-state index in [1.165, 1.54) is 6.92 Å². The van der Waals surface area contributed by atoms with Crippen LogP contribution in [0, 0.1) is 0 Å². The first-order valence-corrected chi connectivity index (χ1v) is 4.33. The second kappa shape index (κ2) is 4.46. The number of carbonyl (C=O) groups excluding carboxylic acids is 1. The Morgan fingerprint density at radius 2 is 1.93 bits per heavy atom. The molecule has 0 bridgehead atoms. The van der Waals surface area contributed by atoms with Crippen molar-refractivity contribution in [1.29, 1.82) is 0 Å². The zero-order valence-electron chi connectivity index (χ0n) is 8.03. The molecule has 3 N–H and O–H groups in total. The first-order chi connectivity index (χ1) is 6.61. The summed E-state index contributed by atoms with van der Waals surface area (Å²) in [4.78, 5) is 10.9. The Hall–Kier alpha value is -1.77. The fraction of sp³-hybridized carbons (Fsp3) is 0.182. The summed E-state index contributed by atoms with van der Waals surface area (Å²) in [6.45, 7) is 1.46. The molecule has 1 aromatic rings. The van der Waals surface area contributed by atoms with Crippen LogP contribution in [0.3, 0.4) is 0 Å². The number of aliphatic hydroxyl groups excluding tert-OH is 1. The second-order valence-corrected chi connectivity index (χ2v) is 3.09. The van der Waals surface area contributed by atoms with Crippen LogP contribution in [0.1, 0.15) is 12.5 Å². The van der Waals surface area contributed by atoms with Crippen molar-refractivity contribution in [3.8, 4) is 0 Å². The third-order valence-electron chi connectivity index (χ3n) is 1.96. The Labute approximate surface area is 82.9 Å². The molecule has 14 heavy (non-hydrogen) atoms. The highest BCUT2D eigenvalue weighted by molar-refractivity contribution is 5.92. The normalized spacial score (nSPS) is 12.1. The van der Waals surface area contributed by atoms with E-state index in [2.05, 4.69) is 0 Å². The molecule has 3 heteroatoms. The van der Waals surface area contributed by atoms with Gasteiger partial charge >= 0.3 is 0 Å². The van der Waals surface area contributed by atoms with Crippen molar-refractivity contribution >= 4 is 5.91 Å². The first kappa shape index (κ1) is 10.3. The summed E-state index contributed by atoms with van der Waals surface area (Å²) < 4.78 is 0. The molecule has 0 unspecified atom stereocenters. The lowest BCUT2D eigenvalue weighted by molar-refractivity contribution is -0.114. The van der Waals surface area contributed by atoms with Crippen LogP contribution in [0.2, 0.25) is 0 Å². The Kier molecular flexibility index (Phi) is 3.29. The molecule has 1 amide bonds. The number of allylic oxidation sites excluding steroid dienone is 1. The minimum Gasteiger partial charge on any atom is -0.512 e. The molecule has 74 valence electrons. The molecular formula is C11H13NO2. The summed E-state index contributed by atoms with van der Waals surface area (Å²) in [6, 6.07) is 9.40. The molecule has 0 saturated carbocycles. The van der Waals surface area contributed by atoms with Crippen molar-refractivity contribution < 1.29 is 9.90 Å². The smallest absolute Gasteiger partial charge is 0.248 e. The third-order valence-corrected chi connectivity index (χ3v) is 1.96. The van der Waals surface area contributed by atoms with Crippen LogP contribution in [-0.2, 0) is 11.2 Å². The number of carbonyl (C=O) groups is 1. The molecule has 0 radical (unpaired) electrons. The van der Waals surface area contributed by atoms with Crippen LogP contribution >= 0.6 is 0 Å². The van der Waals surface area contributed by atoms with E-state index in [0.29, 0.717) is 6.42 Å². The standard InChI is InChI=1S/C11H13NO2/c1-8(13)10(11(12)14)7-9-5-3-2-4-6-9/h2-6,13H,7H2,1H3,(H2,12,14)/b10-8+. The Bertz CT molecular complexity index is 351. The van der Waals surface area contributed by atoms with Crippen LogP contribution in [0.15, 0.2) is 41.7 Å². The molecule has 0 heterocycles. The van der Waals surface area contributed by atoms with Gasteiger partial charge in [-0.2, -0.15) is 0 Å². The highest BCUT2D eigenvalue weighted by Crippen LogP contribution is 2.10. The van der Waals surface area contributed by atoms with E-state index in [1.807, 2.05) is 30.3 Å². The van der Waals surface area contributed by atoms with Gasteiger partial charge in [-0.25, -0.2) is 0 Å². The summed E-state index contributed by atoms with van der Waals surface area (Å²) in [6.07, 6.45) is 0.374. The molecule has 1 aromatic carbocycles. The van der Waals surface area contributed by atoms with Gasteiger partial charge in [-0.3, -0.25) is 4.79 Å². The van der Waals surface area contributed by atoms with E-state index >= 15 is 0 Å². The van der Waals surface area contributed by atoms with Crippen molar-refractivity contribution in [1.82, 2.24) is 0 Å². The molecule has 3 nitrogen and oxygen atoms in total. The lowest BCUT2D eigenvalue weighted by Crippen LogP contribution is -2.17. The minimum atomic E-state index is -0.575. The molecule has 0 fully saturated rings. The lowest BCUT2D eigenvalue weighted by atomic mass is 10.0. The summed E-state index contributed by atoms with van der Waals surface area (Å²) in [5.41, 5.74) is 6.34. The fourth-order valence-corrected chi connectivity index (χ4v) is 1.19. The fourth-order valence-electron chi connectivity index (χ4n) is 1.19. The summed E-state index contributed by atoms with van der Waals surface area (Å²) >= 11 is 0. The van der Waals surface area contributed by atoms with Crippen molar-refractivity contribution in [2.75, 3.05) is 0 Å². The zero-order chi connectivity index (χ0) is 10.6. The average molecular weight is 191 g/mol. The van der Waals surface area contributed by atoms with Gasteiger partial charge in [0.25, 0.3) is 0 Å². The number of hydrogen-bond donors (Lipinski definition) is 2. The molecule has 0 atom stereocenters. The lowest BCUT2D eigenvalue weighted by Gasteiger charge is -2.04. The van der Waals surface area contributed by atoms with Crippen LogP contribution in [0.25, 0.3) is 0 Å². The van der Waals surface area contributed by atoms with E-state index in [-0.39, 0.29) is 11.3 Å². The SMILES string of the molecule is C/C(O)=C(/Cc1ccccc1)C(N)=O. The molecule has 0 aliphatic heterocycles. The van der Waals surface area contributed by atoms with Gasteiger partial charge in [-0.15, -0.1) is 0 Å². The number of aliphatic hydroxyl groups is 1. The van der Waals surface area contributed by atoms with Crippen LogP contribution < -0.4 is 5.73 Å². The maximum atomic E-state index is 10.9. The van der Waals surface area contributed by atoms with E-state index < -0.39 is 5.91 Å². The van der Waals surface area contributed by atoms with Crippen molar-refractivity contribution in [3.05, 3.63) is 47.2 Å². The molecule has 0 aliphatic rings. The molecule has 1 rings (SSSR count). The van der Waals surface area contributed by atoms with E-state index in [9.17, 15) is 9.90 Å². The van der Waals surface area contributed by atoms with Crippen molar-refractivity contribution in [3.63, 3.8) is 0 Å². The number of hydrogen-bond acceptors (Lipinski definition) is 2. The third kappa shape index (κ3) is 2.62. The highest BCUT2D eigenvalue weighted by Gasteiger charge is 2.09. The molecule has 0 saturated heterocycles. The second-order valence-electron chi connectivity index (χ2n) is 3.09. The number of amides is 1. The number of primary amides is 1. The Morgan fingerprint density at radius 1 is 1.36 bits per heavy atom. The zero-order valence-corrected chi connectivity index (χ0v) is 8.03. The Balaban J connectivity index is 2.87. The largest absolute Gasteiger partial charge is 0.512 e. The van der Waals surface area contributed by atoms with Crippen LogP contribution in [0.5, 0.6) is 0 Å². The number of benzene rings is 1. The molecular weight excluding hydrogens is 178 g/mol.